The molecule has 1 aromatic heterocycles. The van der Waals surface area contributed by atoms with Crippen LogP contribution < -0.4 is 15.3 Å². The van der Waals surface area contributed by atoms with Crippen molar-refractivity contribution < 1.29 is 17.9 Å². The van der Waals surface area contributed by atoms with Crippen molar-refractivity contribution in [1.29, 1.82) is 0 Å². The molecule has 39 heavy (non-hydrogen) atoms. The number of hydrogen-bond donors (Lipinski definition) is 0. The Morgan fingerprint density at radius 3 is 2.28 bits per heavy atom. The number of aryl methyl sites for hydroxylation is 2. The van der Waals surface area contributed by atoms with E-state index in [0.717, 1.165) is 22.0 Å². The maximum Gasteiger partial charge on any atom is 0.347 e. The average Bonchev–Trinajstić information content (AvgIpc) is 3.32. The Morgan fingerprint density at radius 2 is 1.59 bits per heavy atom. The molecule has 0 atom stereocenters. The molecule has 0 aliphatic carbocycles. The van der Waals surface area contributed by atoms with Gasteiger partial charge in [0, 0.05) is 37.9 Å². The molecule has 1 aliphatic heterocycles. The van der Waals surface area contributed by atoms with Crippen LogP contribution in [0.4, 0.5) is 5.69 Å². The predicted octanol–water partition coefficient (Wildman–Crippen LogP) is 3.46. The zero-order valence-electron chi connectivity index (χ0n) is 22.1. The molecule has 1 fully saturated rings. The fourth-order valence-electron chi connectivity index (χ4n) is 4.82. The Kier molecular flexibility index (Phi) is 7.05. The van der Waals surface area contributed by atoms with Crippen LogP contribution in [0.2, 0.25) is 0 Å². The topological polar surface area (TPSA) is 93.8 Å². The predicted molar refractivity (Wildman–Crippen MR) is 150 cm³/mol. The number of aromatic nitrogens is 2. The number of methoxy groups -OCH3 is 1. The van der Waals surface area contributed by atoms with E-state index in [0.29, 0.717) is 41.6 Å². The highest BCUT2D eigenvalue weighted by Gasteiger charge is 2.31. The smallest absolute Gasteiger partial charge is 0.347 e. The van der Waals surface area contributed by atoms with Crippen molar-refractivity contribution in [1.82, 2.24) is 13.4 Å². The van der Waals surface area contributed by atoms with Gasteiger partial charge in [0.2, 0.25) is 0 Å². The maximum atomic E-state index is 13.8. The Morgan fingerprint density at radius 1 is 0.872 bits per heavy atom. The third kappa shape index (κ3) is 4.95. The Hall–Kier alpha value is -4.31. The summed E-state index contributed by atoms with van der Waals surface area (Å²) in [5, 5.41) is 0. The number of ether oxygens (including phenoxy) is 1. The minimum Gasteiger partial charge on any atom is -0.497 e. The molecule has 0 unspecified atom stereocenters. The van der Waals surface area contributed by atoms with Gasteiger partial charge in [-0.1, -0.05) is 36.4 Å². The highest BCUT2D eigenvalue weighted by atomic mass is 32.2. The first-order valence-electron chi connectivity index (χ1n) is 12.6. The summed E-state index contributed by atoms with van der Waals surface area (Å²) < 4.78 is 34.0. The second-order valence-corrected chi connectivity index (χ2v) is 11.3. The van der Waals surface area contributed by atoms with Crippen LogP contribution in [0.5, 0.6) is 5.75 Å². The lowest BCUT2D eigenvalue weighted by molar-refractivity contribution is 0.0738. The summed E-state index contributed by atoms with van der Waals surface area (Å²) in [6, 6.07) is 20.8. The van der Waals surface area contributed by atoms with Crippen molar-refractivity contribution >= 4 is 21.6 Å². The standard InChI is InChI=1S/C29H30N4O5S/c1-21-12-13-22(2)26(18-21)30-14-16-31(17-15-30)28(34)27-20-32(29(35)33(27)23-8-5-4-6-9-23)39(36,37)25-11-7-10-24(19-25)38-3/h4-13,18-20H,14-17H2,1-3H3. The second-order valence-electron chi connectivity index (χ2n) is 9.52. The zero-order valence-corrected chi connectivity index (χ0v) is 22.9. The molecule has 1 aliphatic rings. The number of hydrogen-bond acceptors (Lipinski definition) is 6. The zero-order chi connectivity index (χ0) is 27.7. The van der Waals surface area contributed by atoms with Gasteiger partial charge in [-0.25, -0.2) is 13.2 Å². The molecule has 2 heterocycles. The number of piperazine rings is 1. The summed E-state index contributed by atoms with van der Waals surface area (Å²) >= 11 is 0. The molecule has 4 aromatic rings. The highest BCUT2D eigenvalue weighted by Crippen LogP contribution is 2.24. The molecular weight excluding hydrogens is 516 g/mol. The molecule has 9 nitrogen and oxygen atoms in total. The van der Waals surface area contributed by atoms with E-state index in [1.54, 1.807) is 41.3 Å². The number of amides is 1. The van der Waals surface area contributed by atoms with Crippen LogP contribution in [0.15, 0.2) is 88.7 Å². The van der Waals surface area contributed by atoms with E-state index in [1.807, 2.05) is 0 Å². The van der Waals surface area contributed by atoms with E-state index in [2.05, 4.69) is 36.9 Å². The quantitative estimate of drug-likeness (QED) is 0.368. The van der Waals surface area contributed by atoms with E-state index in [-0.39, 0.29) is 10.6 Å². The van der Waals surface area contributed by atoms with Crippen LogP contribution in [0.25, 0.3) is 5.69 Å². The van der Waals surface area contributed by atoms with E-state index in [1.165, 1.54) is 30.9 Å². The number of benzene rings is 3. The lowest BCUT2D eigenvalue weighted by atomic mass is 10.1. The van der Waals surface area contributed by atoms with Crippen LogP contribution in [-0.4, -0.2) is 61.1 Å². The number of para-hydroxylation sites is 1. The Labute approximate surface area is 227 Å². The Bertz CT molecular complexity index is 1680. The summed E-state index contributed by atoms with van der Waals surface area (Å²) in [7, 11) is -2.87. The van der Waals surface area contributed by atoms with Gasteiger partial charge in [0.15, 0.2) is 0 Å². The van der Waals surface area contributed by atoms with Gasteiger partial charge in [-0.2, -0.15) is 3.97 Å². The van der Waals surface area contributed by atoms with Gasteiger partial charge in [-0.3, -0.25) is 9.36 Å². The lowest BCUT2D eigenvalue weighted by Gasteiger charge is -2.37. The molecule has 0 saturated carbocycles. The fraction of sp³-hybridized carbons (Fsp3) is 0.241. The first kappa shape index (κ1) is 26.3. The van der Waals surface area contributed by atoms with E-state index in [4.69, 9.17) is 4.74 Å². The first-order chi connectivity index (χ1) is 18.7. The number of nitrogens with zero attached hydrogens (tertiary/aromatic N) is 4. The largest absolute Gasteiger partial charge is 0.497 e. The van der Waals surface area contributed by atoms with Crippen LogP contribution in [0.1, 0.15) is 21.6 Å². The number of imidazole rings is 1. The molecule has 0 N–H and O–H groups in total. The summed E-state index contributed by atoms with van der Waals surface area (Å²) in [6.45, 7) is 6.22. The van der Waals surface area contributed by atoms with Gasteiger partial charge in [0.25, 0.3) is 15.9 Å². The van der Waals surface area contributed by atoms with Crippen molar-refractivity contribution in [3.63, 3.8) is 0 Å². The molecule has 3 aromatic carbocycles. The second kappa shape index (κ2) is 10.5. The molecule has 1 saturated heterocycles. The highest BCUT2D eigenvalue weighted by molar-refractivity contribution is 7.90. The van der Waals surface area contributed by atoms with Crippen molar-refractivity contribution in [2.24, 2.45) is 0 Å². The van der Waals surface area contributed by atoms with Gasteiger partial charge in [-0.15, -0.1) is 0 Å². The van der Waals surface area contributed by atoms with Crippen LogP contribution in [0, 0.1) is 13.8 Å². The lowest BCUT2D eigenvalue weighted by Crippen LogP contribution is -2.49. The van der Waals surface area contributed by atoms with Crippen molar-refractivity contribution in [3.8, 4) is 11.4 Å². The summed E-state index contributed by atoms with van der Waals surface area (Å²) in [5.41, 5.74) is 3.01. The summed E-state index contributed by atoms with van der Waals surface area (Å²) in [5.74, 6) is -0.0687. The van der Waals surface area contributed by atoms with Crippen molar-refractivity contribution in [2.75, 3.05) is 38.2 Å². The first-order valence-corrected chi connectivity index (χ1v) is 14.1. The summed E-state index contributed by atoms with van der Waals surface area (Å²) in [4.78, 5) is 31.2. The van der Waals surface area contributed by atoms with Crippen molar-refractivity contribution in [2.45, 2.75) is 18.7 Å². The molecule has 0 bridgehead atoms. The Balaban J connectivity index is 1.51. The molecular formula is C29H30N4O5S. The molecule has 0 radical (unpaired) electrons. The molecule has 1 amide bonds. The fourth-order valence-corrected chi connectivity index (χ4v) is 6.09. The van der Waals surface area contributed by atoms with Gasteiger partial charge in [-0.05, 0) is 55.3 Å². The minimum absolute atomic E-state index is 0.0159. The number of rotatable bonds is 6. The van der Waals surface area contributed by atoms with E-state index < -0.39 is 21.6 Å². The van der Waals surface area contributed by atoms with Crippen LogP contribution >= 0.6 is 0 Å². The van der Waals surface area contributed by atoms with Crippen LogP contribution in [0.3, 0.4) is 0 Å². The SMILES string of the molecule is COc1cccc(S(=O)(=O)n2cc(C(=O)N3CCN(c4cc(C)ccc4C)CC3)n(-c3ccccc3)c2=O)c1. The monoisotopic (exact) mass is 546 g/mol. The number of carbonyl (C=O) groups excluding carboxylic acids is 1. The third-order valence-corrected chi connectivity index (χ3v) is 8.59. The molecule has 202 valence electrons. The normalized spacial score (nSPS) is 13.9. The van der Waals surface area contributed by atoms with Crippen LogP contribution in [-0.2, 0) is 10.0 Å². The van der Waals surface area contributed by atoms with Gasteiger partial charge >= 0.3 is 5.69 Å². The number of carbonyl (C=O) groups is 1. The molecule has 0 spiro atoms. The van der Waals surface area contributed by atoms with Crippen molar-refractivity contribution in [3.05, 3.63) is 106 Å². The number of anilines is 1. The average molecular weight is 547 g/mol. The van der Waals surface area contributed by atoms with Gasteiger partial charge < -0.3 is 14.5 Å². The van der Waals surface area contributed by atoms with Gasteiger partial charge in [0.1, 0.15) is 11.4 Å². The summed E-state index contributed by atoms with van der Waals surface area (Å²) in [6.07, 6.45) is 1.13. The van der Waals surface area contributed by atoms with E-state index in [9.17, 15) is 18.0 Å². The van der Waals surface area contributed by atoms with E-state index >= 15 is 0 Å². The molecule has 5 rings (SSSR count). The minimum atomic E-state index is -4.31. The van der Waals surface area contributed by atoms with Gasteiger partial charge in [0.05, 0.1) is 23.9 Å². The molecule has 10 heteroatoms. The maximum absolute atomic E-state index is 13.8. The third-order valence-electron chi connectivity index (χ3n) is 6.96.